The minimum Gasteiger partial charge on any atom is -0.391 e. The molecule has 0 saturated carbocycles. The van der Waals surface area contributed by atoms with Gasteiger partial charge in [0.25, 0.3) is 0 Å². The Labute approximate surface area is 93.2 Å². The van der Waals surface area contributed by atoms with Crippen molar-refractivity contribution in [1.82, 2.24) is 9.55 Å². The van der Waals surface area contributed by atoms with Crippen molar-refractivity contribution in [3.63, 3.8) is 0 Å². The molecule has 0 amide bonds. The fourth-order valence-electron chi connectivity index (χ4n) is 1.60. The molecule has 0 aliphatic heterocycles. The van der Waals surface area contributed by atoms with Crippen LogP contribution >= 0.6 is 0 Å². The molecule has 1 atom stereocenters. The van der Waals surface area contributed by atoms with Gasteiger partial charge in [-0.1, -0.05) is 12.1 Å². The zero-order valence-corrected chi connectivity index (χ0v) is 8.75. The van der Waals surface area contributed by atoms with Gasteiger partial charge in [-0.05, 0) is 17.7 Å². The average Bonchev–Trinajstić information content (AvgIpc) is 2.74. The third-order valence-electron chi connectivity index (χ3n) is 2.37. The minimum absolute atomic E-state index is 0.257. The topological polar surface area (TPSA) is 38.0 Å². The highest BCUT2D eigenvalue weighted by Gasteiger charge is 2.06. The maximum absolute atomic E-state index is 12.7. The van der Waals surface area contributed by atoms with Crippen molar-refractivity contribution in [1.29, 1.82) is 0 Å². The third-order valence-corrected chi connectivity index (χ3v) is 2.37. The normalized spacial score (nSPS) is 12.6. The maximum Gasteiger partial charge on any atom is 0.123 e. The molecule has 2 rings (SSSR count). The Morgan fingerprint density at radius 3 is 2.69 bits per heavy atom. The van der Waals surface area contributed by atoms with E-state index in [1.807, 2.05) is 4.57 Å². The summed E-state index contributed by atoms with van der Waals surface area (Å²) >= 11 is 0. The van der Waals surface area contributed by atoms with Crippen LogP contribution in [0.3, 0.4) is 0 Å². The van der Waals surface area contributed by atoms with Gasteiger partial charge in [0, 0.05) is 25.4 Å². The van der Waals surface area contributed by atoms with Crippen LogP contribution in [0.15, 0.2) is 43.0 Å². The quantitative estimate of drug-likeness (QED) is 0.850. The monoisotopic (exact) mass is 220 g/mol. The van der Waals surface area contributed by atoms with Crippen LogP contribution in [0.1, 0.15) is 5.56 Å². The molecule has 1 heterocycles. The summed E-state index contributed by atoms with van der Waals surface area (Å²) in [5.74, 6) is -0.257. The van der Waals surface area contributed by atoms with Gasteiger partial charge in [-0.15, -0.1) is 0 Å². The zero-order chi connectivity index (χ0) is 11.4. The molecule has 16 heavy (non-hydrogen) atoms. The summed E-state index contributed by atoms with van der Waals surface area (Å²) in [4.78, 5) is 3.90. The fourth-order valence-corrected chi connectivity index (χ4v) is 1.60. The molecule has 84 valence electrons. The first-order valence-electron chi connectivity index (χ1n) is 5.12. The predicted molar refractivity (Wildman–Crippen MR) is 58.3 cm³/mol. The fraction of sp³-hybridized carbons (Fsp3) is 0.250. The number of hydrogen-bond donors (Lipinski definition) is 1. The van der Waals surface area contributed by atoms with E-state index in [1.54, 1.807) is 30.9 Å². The van der Waals surface area contributed by atoms with Crippen LogP contribution in [0.2, 0.25) is 0 Å². The summed E-state index contributed by atoms with van der Waals surface area (Å²) in [6.07, 6.45) is 5.16. The molecule has 1 aromatic carbocycles. The van der Waals surface area contributed by atoms with Gasteiger partial charge in [-0.2, -0.15) is 0 Å². The molecule has 4 heteroatoms. The Kier molecular flexibility index (Phi) is 3.31. The Hall–Kier alpha value is -1.68. The SMILES string of the molecule is OC(Cc1ccc(F)cc1)Cn1ccnc1. The highest BCUT2D eigenvalue weighted by atomic mass is 19.1. The molecule has 0 fully saturated rings. The standard InChI is InChI=1S/C12H13FN2O/c13-11-3-1-10(2-4-11)7-12(16)8-15-6-5-14-9-15/h1-6,9,12,16H,7-8H2. The second-order valence-electron chi connectivity index (χ2n) is 3.74. The van der Waals surface area contributed by atoms with Gasteiger partial charge in [0.1, 0.15) is 5.82 Å². The molecular weight excluding hydrogens is 207 g/mol. The van der Waals surface area contributed by atoms with Crippen LogP contribution < -0.4 is 0 Å². The number of aliphatic hydroxyl groups excluding tert-OH is 1. The molecule has 3 nitrogen and oxygen atoms in total. The molecule has 2 aromatic rings. The number of halogens is 1. The number of aromatic nitrogens is 2. The van der Waals surface area contributed by atoms with Crippen LogP contribution in [0, 0.1) is 5.82 Å². The summed E-state index contributed by atoms with van der Waals surface area (Å²) in [7, 11) is 0. The number of hydrogen-bond acceptors (Lipinski definition) is 2. The van der Waals surface area contributed by atoms with Crippen molar-refractivity contribution in [2.75, 3.05) is 0 Å². The largest absolute Gasteiger partial charge is 0.391 e. The number of rotatable bonds is 4. The number of nitrogens with zero attached hydrogens (tertiary/aromatic N) is 2. The van der Waals surface area contributed by atoms with Crippen LogP contribution in [0.25, 0.3) is 0 Å². The average molecular weight is 220 g/mol. The van der Waals surface area contributed by atoms with E-state index in [4.69, 9.17) is 0 Å². The van der Waals surface area contributed by atoms with Crippen LogP contribution in [0.4, 0.5) is 4.39 Å². The van der Waals surface area contributed by atoms with E-state index < -0.39 is 6.10 Å². The number of aliphatic hydroxyl groups is 1. The lowest BCUT2D eigenvalue weighted by Crippen LogP contribution is -2.17. The van der Waals surface area contributed by atoms with Crippen molar-refractivity contribution in [3.8, 4) is 0 Å². The Morgan fingerprint density at radius 2 is 2.06 bits per heavy atom. The smallest absolute Gasteiger partial charge is 0.123 e. The van der Waals surface area contributed by atoms with Crippen LogP contribution in [0.5, 0.6) is 0 Å². The summed E-state index contributed by atoms with van der Waals surface area (Å²) in [5, 5.41) is 9.80. The number of benzene rings is 1. The van der Waals surface area contributed by atoms with Gasteiger partial charge < -0.3 is 9.67 Å². The lowest BCUT2D eigenvalue weighted by molar-refractivity contribution is 0.154. The van der Waals surface area contributed by atoms with E-state index in [0.717, 1.165) is 5.56 Å². The first kappa shape index (κ1) is 10.8. The van der Waals surface area contributed by atoms with Crippen molar-refractivity contribution in [2.24, 2.45) is 0 Å². The van der Waals surface area contributed by atoms with E-state index in [9.17, 15) is 9.50 Å². The van der Waals surface area contributed by atoms with Gasteiger partial charge in [0.05, 0.1) is 12.4 Å². The van der Waals surface area contributed by atoms with Crippen molar-refractivity contribution >= 4 is 0 Å². The number of imidazole rings is 1. The highest BCUT2D eigenvalue weighted by molar-refractivity contribution is 5.16. The molecule has 0 aliphatic rings. The summed E-state index contributed by atoms with van der Waals surface area (Å²) in [6, 6.07) is 6.18. The van der Waals surface area contributed by atoms with Crippen LogP contribution in [-0.4, -0.2) is 20.8 Å². The lowest BCUT2D eigenvalue weighted by Gasteiger charge is -2.11. The van der Waals surface area contributed by atoms with E-state index >= 15 is 0 Å². The van der Waals surface area contributed by atoms with Crippen molar-refractivity contribution in [3.05, 3.63) is 54.4 Å². The summed E-state index contributed by atoms with van der Waals surface area (Å²) in [5.41, 5.74) is 0.925. The molecule has 0 saturated heterocycles. The molecule has 1 aromatic heterocycles. The highest BCUT2D eigenvalue weighted by Crippen LogP contribution is 2.07. The predicted octanol–water partition coefficient (Wildman–Crippen LogP) is 1.63. The lowest BCUT2D eigenvalue weighted by atomic mass is 10.1. The van der Waals surface area contributed by atoms with E-state index in [-0.39, 0.29) is 5.82 Å². The molecule has 0 aliphatic carbocycles. The first-order chi connectivity index (χ1) is 7.74. The maximum atomic E-state index is 12.7. The molecule has 0 bridgehead atoms. The Morgan fingerprint density at radius 1 is 1.31 bits per heavy atom. The van der Waals surface area contributed by atoms with Gasteiger partial charge in [0.2, 0.25) is 0 Å². The van der Waals surface area contributed by atoms with Crippen molar-refractivity contribution in [2.45, 2.75) is 19.1 Å². The molecule has 0 radical (unpaired) electrons. The van der Waals surface area contributed by atoms with Gasteiger partial charge in [-0.3, -0.25) is 0 Å². The van der Waals surface area contributed by atoms with E-state index in [0.29, 0.717) is 13.0 Å². The molecule has 0 spiro atoms. The summed E-state index contributed by atoms with van der Waals surface area (Å²) < 4.78 is 14.5. The Balaban J connectivity index is 1.92. The minimum atomic E-state index is -0.486. The summed E-state index contributed by atoms with van der Waals surface area (Å²) in [6.45, 7) is 0.497. The zero-order valence-electron chi connectivity index (χ0n) is 8.75. The molecule has 1 N–H and O–H groups in total. The van der Waals surface area contributed by atoms with Gasteiger partial charge >= 0.3 is 0 Å². The third kappa shape index (κ3) is 2.90. The van der Waals surface area contributed by atoms with Crippen LogP contribution in [-0.2, 0) is 13.0 Å². The first-order valence-corrected chi connectivity index (χ1v) is 5.12. The second kappa shape index (κ2) is 4.90. The van der Waals surface area contributed by atoms with Crippen molar-refractivity contribution < 1.29 is 9.50 Å². The van der Waals surface area contributed by atoms with E-state index in [1.165, 1.54) is 12.1 Å². The molecular formula is C12H13FN2O. The van der Waals surface area contributed by atoms with Gasteiger partial charge in [-0.25, -0.2) is 9.37 Å². The Bertz CT molecular complexity index is 425. The molecule has 1 unspecified atom stereocenters. The van der Waals surface area contributed by atoms with E-state index in [2.05, 4.69) is 4.98 Å². The van der Waals surface area contributed by atoms with Gasteiger partial charge in [0.15, 0.2) is 0 Å². The second-order valence-corrected chi connectivity index (χ2v) is 3.74.